The highest BCUT2D eigenvalue weighted by Crippen LogP contribution is 2.46. The Labute approximate surface area is 120 Å². The van der Waals surface area contributed by atoms with E-state index in [2.05, 4.69) is 10.6 Å². The standard InChI is InChI=1S/C15H25N3O2/c1-18(13(10-5-6-10)11-7-8-11)15(20)17-12-4-2-3-9-16-14(12)19/h10-13H,2-9H2,1H3,(H,16,19)(H,17,20). The van der Waals surface area contributed by atoms with Gasteiger partial charge in [0.15, 0.2) is 0 Å². The zero-order valence-corrected chi connectivity index (χ0v) is 12.2. The first-order valence-electron chi connectivity index (χ1n) is 7.98. The Hall–Kier alpha value is -1.26. The van der Waals surface area contributed by atoms with Gasteiger partial charge in [0.2, 0.25) is 5.91 Å². The van der Waals surface area contributed by atoms with E-state index in [4.69, 9.17) is 0 Å². The van der Waals surface area contributed by atoms with E-state index < -0.39 is 0 Å². The zero-order valence-electron chi connectivity index (χ0n) is 12.2. The first kappa shape index (κ1) is 13.7. The third kappa shape index (κ3) is 3.07. The number of hydrogen-bond donors (Lipinski definition) is 2. The van der Waals surface area contributed by atoms with Crippen molar-refractivity contribution < 1.29 is 9.59 Å². The Balaban J connectivity index is 1.58. The molecule has 0 aromatic rings. The summed E-state index contributed by atoms with van der Waals surface area (Å²) in [7, 11) is 1.89. The number of nitrogens with one attached hydrogen (secondary N) is 2. The van der Waals surface area contributed by atoms with Crippen molar-refractivity contribution in [3.05, 3.63) is 0 Å². The van der Waals surface area contributed by atoms with Gasteiger partial charge in [0, 0.05) is 19.6 Å². The molecule has 2 saturated carbocycles. The lowest BCUT2D eigenvalue weighted by Crippen LogP contribution is -2.52. The van der Waals surface area contributed by atoms with Gasteiger partial charge in [0.1, 0.15) is 6.04 Å². The van der Waals surface area contributed by atoms with Crippen molar-refractivity contribution in [1.29, 1.82) is 0 Å². The summed E-state index contributed by atoms with van der Waals surface area (Å²) in [6.07, 6.45) is 7.75. The summed E-state index contributed by atoms with van der Waals surface area (Å²) in [4.78, 5) is 26.2. The molecule has 2 aliphatic carbocycles. The fraction of sp³-hybridized carbons (Fsp3) is 0.867. The van der Waals surface area contributed by atoms with E-state index >= 15 is 0 Å². The average molecular weight is 279 g/mol. The third-order valence-corrected chi connectivity index (χ3v) is 4.81. The molecule has 0 aromatic carbocycles. The van der Waals surface area contributed by atoms with E-state index in [1.807, 2.05) is 11.9 Å². The molecule has 0 bridgehead atoms. The van der Waals surface area contributed by atoms with Crippen LogP contribution in [0.25, 0.3) is 0 Å². The highest BCUT2D eigenvalue weighted by atomic mass is 16.2. The van der Waals surface area contributed by atoms with Crippen molar-refractivity contribution in [2.45, 2.75) is 57.0 Å². The van der Waals surface area contributed by atoms with Crippen LogP contribution in [0.3, 0.4) is 0 Å². The second-order valence-corrected chi connectivity index (χ2v) is 6.57. The number of amides is 3. The Bertz CT molecular complexity index is 379. The maximum atomic E-state index is 12.4. The maximum absolute atomic E-state index is 12.4. The van der Waals surface area contributed by atoms with Gasteiger partial charge in [-0.3, -0.25) is 4.79 Å². The van der Waals surface area contributed by atoms with Crippen LogP contribution in [-0.4, -0.2) is 42.5 Å². The molecule has 1 saturated heterocycles. The molecular weight excluding hydrogens is 254 g/mol. The molecule has 2 N–H and O–H groups in total. The van der Waals surface area contributed by atoms with Crippen LogP contribution in [0.1, 0.15) is 44.9 Å². The van der Waals surface area contributed by atoms with Crippen molar-refractivity contribution in [3.63, 3.8) is 0 Å². The second-order valence-electron chi connectivity index (χ2n) is 6.57. The van der Waals surface area contributed by atoms with E-state index in [-0.39, 0.29) is 18.0 Å². The van der Waals surface area contributed by atoms with Crippen LogP contribution in [0.15, 0.2) is 0 Å². The molecule has 3 amide bonds. The number of nitrogens with zero attached hydrogens (tertiary/aromatic N) is 1. The van der Waals surface area contributed by atoms with Gasteiger partial charge >= 0.3 is 6.03 Å². The van der Waals surface area contributed by atoms with E-state index in [0.29, 0.717) is 17.9 Å². The van der Waals surface area contributed by atoms with Crippen LogP contribution in [0.4, 0.5) is 4.79 Å². The Morgan fingerprint density at radius 2 is 1.85 bits per heavy atom. The highest BCUT2D eigenvalue weighted by Gasteiger charge is 2.45. The number of hydrogen-bond acceptors (Lipinski definition) is 2. The van der Waals surface area contributed by atoms with Gasteiger partial charge in [0.25, 0.3) is 0 Å². The van der Waals surface area contributed by atoms with Crippen molar-refractivity contribution >= 4 is 11.9 Å². The van der Waals surface area contributed by atoms with Crippen LogP contribution in [0.2, 0.25) is 0 Å². The molecule has 1 heterocycles. The van der Waals surface area contributed by atoms with Crippen LogP contribution in [-0.2, 0) is 4.79 Å². The number of urea groups is 1. The smallest absolute Gasteiger partial charge is 0.318 e. The monoisotopic (exact) mass is 279 g/mol. The Morgan fingerprint density at radius 1 is 1.20 bits per heavy atom. The van der Waals surface area contributed by atoms with Gasteiger partial charge in [-0.25, -0.2) is 4.79 Å². The summed E-state index contributed by atoms with van der Waals surface area (Å²) < 4.78 is 0. The number of carbonyl (C=O) groups is 2. The molecule has 3 fully saturated rings. The first-order chi connectivity index (χ1) is 9.66. The number of rotatable bonds is 4. The lowest BCUT2D eigenvalue weighted by atomic mass is 10.1. The molecule has 0 spiro atoms. The molecule has 0 aromatic heterocycles. The summed E-state index contributed by atoms with van der Waals surface area (Å²) in [5.74, 6) is 1.36. The van der Waals surface area contributed by atoms with E-state index in [0.717, 1.165) is 25.8 Å². The molecular formula is C15H25N3O2. The molecule has 5 heteroatoms. The maximum Gasteiger partial charge on any atom is 0.318 e. The lowest BCUT2D eigenvalue weighted by Gasteiger charge is -2.30. The molecule has 1 unspecified atom stereocenters. The van der Waals surface area contributed by atoms with Crippen molar-refractivity contribution in [3.8, 4) is 0 Å². The molecule has 0 radical (unpaired) electrons. The summed E-state index contributed by atoms with van der Waals surface area (Å²) in [5, 5.41) is 5.80. The van der Waals surface area contributed by atoms with Gasteiger partial charge in [-0.05, 0) is 56.8 Å². The Morgan fingerprint density at radius 3 is 2.45 bits per heavy atom. The van der Waals surface area contributed by atoms with E-state index in [1.54, 1.807) is 0 Å². The quantitative estimate of drug-likeness (QED) is 0.819. The van der Waals surface area contributed by atoms with E-state index in [1.165, 1.54) is 25.7 Å². The van der Waals surface area contributed by atoms with Gasteiger partial charge in [-0.1, -0.05) is 0 Å². The minimum Gasteiger partial charge on any atom is -0.354 e. The summed E-state index contributed by atoms with van der Waals surface area (Å²) in [6, 6.07) is -0.0359. The normalized spacial score (nSPS) is 26.9. The number of carbonyl (C=O) groups excluding carboxylic acids is 2. The lowest BCUT2D eigenvalue weighted by molar-refractivity contribution is -0.122. The molecule has 20 heavy (non-hydrogen) atoms. The largest absolute Gasteiger partial charge is 0.354 e. The SMILES string of the molecule is CN(C(=O)NC1CCCCNC1=O)C(C1CC1)C1CC1. The zero-order chi connectivity index (χ0) is 14.1. The summed E-state index contributed by atoms with van der Waals surface area (Å²) in [5.41, 5.74) is 0. The van der Waals surface area contributed by atoms with E-state index in [9.17, 15) is 9.59 Å². The topological polar surface area (TPSA) is 61.4 Å². The molecule has 1 aliphatic heterocycles. The van der Waals surface area contributed by atoms with Crippen LogP contribution < -0.4 is 10.6 Å². The molecule has 5 nitrogen and oxygen atoms in total. The predicted molar refractivity (Wildman–Crippen MR) is 76.2 cm³/mol. The van der Waals surface area contributed by atoms with Crippen molar-refractivity contribution in [2.24, 2.45) is 11.8 Å². The molecule has 3 rings (SSSR count). The summed E-state index contributed by atoms with van der Waals surface area (Å²) >= 11 is 0. The van der Waals surface area contributed by atoms with Crippen molar-refractivity contribution in [2.75, 3.05) is 13.6 Å². The van der Waals surface area contributed by atoms with Gasteiger partial charge in [-0.15, -0.1) is 0 Å². The Kier molecular flexibility index (Phi) is 3.85. The van der Waals surface area contributed by atoms with Crippen LogP contribution in [0.5, 0.6) is 0 Å². The summed E-state index contributed by atoms with van der Waals surface area (Å²) in [6.45, 7) is 0.730. The van der Waals surface area contributed by atoms with Crippen molar-refractivity contribution in [1.82, 2.24) is 15.5 Å². The average Bonchev–Trinajstić information content (AvgIpc) is 3.27. The van der Waals surface area contributed by atoms with Gasteiger partial charge < -0.3 is 15.5 Å². The minimum absolute atomic E-state index is 0.0290. The third-order valence-electron chi connectivity index (χ3n) is 4.81. The van der Waals surface area contributed by atoms with Crippen LogP contribution >= 0.6 is 0 Å². The highest BCUT2D eigenvalue weighted by molar-refractivity contribution is 5.87. The first-order valence-corrected chi connectivity index (χ1v) is 7.98. The molecule has 1 atom stereocenters. The van der Waals surface area contributed by atoms with Crippen LogP contribution in [0, 0.1) is 11.8 Å². The molecule has 3 aliphatic rings. The molecule has 112 valence electrons. The minimum atomic E-state index is -0.355. The second kappa shape index (κ2) is 5.62. The fourth-order valence-corrected chi connectivity index (χ4v) is 3.36. The van der Waals surface area contributed by atoms with Gasteiger partial charge in [-0.2, -0.15) is 0 Å². The fourth-order valence-electron chi connectivity index (χ4n) is 3.36. The predicted octanol–water partition coefficient (Wildman–Crippen LogP) is 1.49. The van der Waals surface area contributed by atoms with Gasteiger partial charge in [0.05, 0.1) is 0 Å².